The van der Waals surface area contributed by atoms with Crippen molar-refractivity contribution in [2.45, 2.75) is 26.8 Å². The lowest BCUT2D eigenvalue weighted by Crippen LogP contribution is -2.37. The molecule has 0 aliphatic carbocycles. The molecule has 0 fully saturated rings. The second kappa shape index (κ2) is 6.96. The molecule has 0 bridgehead atoms. The Morgan fingerprint density at radius 1 is 1.24 bits per heavy atom. The lowest BCUT2D eigenvalue weighted by molar-refractivity contribution is -0.125. The first-order chi connectivity index (χ1) is 7.65. The molecule has 1 unspecified atom stereocenters. The fourth-order valence-electron chi connectivity index (χ4n) is 1.07. The number of sulfone groups is 1. The van der Waals surface area contributed by atoms with Gasteiger partial charge in [-0.3, -0.25) is 4.79 Å². The molecule has 0 spiro atoms. The fraction of sp³-hybridized carbons (Fsp3) is 0.909. The summed E-state index contributed by atoms with van der Waals surface area (Å²) in [5.41, 5.74) is 0. The van der Waals surface area contributed by atoms with Crippen LogP contribution in [0.25, 0.3) is 0 Å². The van der Waals surface area contributed by atoms with Crippen LogP contribution < -0.4 is 5.32 Å². The smallest absolute Gasteiger partial charge is 0.237 e. The molecule has 0 saturated heterocycles. The number of nitrogens with zero attached hydrogens (tertiary/aromatic N) is 1. The van der Waals surface area contributed by atoms with Gasteiger partial charge in [-0.15, -0.1) is 0 Å². The molecule has 0 aromatic heterocycles. The molecule has 0 aromatic rings. The highest BCUT2D eigenvalue weighted by Gasteiger charge is 2.18. The SMILES string of the molecule is CC(C)C(C)NCCS(=O)(=O)CC(=O)N(C)C. The first kappa shape index (κ1) is 16.4. The summed E-state index contributed by atoms with van der Waals surface area (Å²) in [6.07, 6.45) is 0. The Hall–Kier alpha value is -0.620. The van der Waals surface area contributed by atoms with Gasteiger partial charge in [-0.1, -0.05) is 13.8 Å². The van der Waals surface area contributed by atoms with Gasteiger partial charge < -0.3 is 10.2 Å². The van der Waals surface area contributed by atoms with Crippen molar-refractivity contribution in [1.29, 1.82) is 0 Å². The van der Waals surface area contributed by atoms with E-state index in [0.717, 1.165) is 0 Å². The lowest BCUT2D eigenvalue weighted by Gasteiger charge is -2.17. The minimum absolute atomic E-state index is 0.00361. The number of hydrogen-bond acceptors (Lipinski definition) is 4. The lowest BCUT2D eigenvalue weighted by atomic mass is 10.1. The summed E-state index contributed by atoms with van der Waals surface area (Å²) >= 11 is 0. The topological polar surface area (TPSA) is 66.5 Å². The molecule has 102 valence electrons. The van der Waals surface area contributed by atoms with Crippen molar-refractivity contribution >= 4 is 15.7 Å². The maximum atomic E-state index is 11.6. The molecular formula is C11H24N2O3S. The largest absolute Gasteiger partial charge is 0.348 e. The van der Waals surface area contributed by atoms with Crippen LogP contribution in [0.15, 0.2) is 0 Å². The number of carbonyl (C=O) groups is 1. The average Bonchev–Trinajstić information content (AvgIpc) is 2.15. The molecule has 0 rings (SSSR count). The predicted molar refractivity (Wildman–Crippen MR) is 69.7 cm³/mol. The Morgan fingerprint density at radius 3 is 2.18 bits per heavy atom. The van der Waals surface area contributed by atoms with Gasteiger partial charge in [0.25, 0.3) is 0 Å². The molecule has 1 N–H and O–H groups in total. The van der Waals surface area contributed by atoms with E-state index in [1.54, 1.807) is 14.1 Å². The molecule has 17 heavy (non-hydrogen) atoms. The number of nitrogens with one attached hydrogen (secondary N) is 1. The van der Waals surface area contributed by atoms with E-state index in [4.69, 9.17) is 0 Å². The third-order valence-electron chi connectivity index (χ3n) is 2.72. The summed E-state index contributed by atoms with van der Waals surface area (Å²) in [5, 5.41) is 3.14. The van der Waals surface area contributed by atoms with E-state index < -0.39 is 15.6 Å². The zero-order chi connectivity index (χ0) is 13.6. The van der Waals surface area contributed by atoms with E-state index in [0.29, 0.717) is 12.5 Å². The van der Waals surface area contributed by atoms with Gasteiger partial charge in [-0.2, -0.15) is 0 Å². The number of hydrogen-bond donors (Lipinski definition) is 1. The first-order valence-electron chi connectivity index (χ1n) is 5.79. The second-order valence-corrected chi connectivity index (χ2v) is 7.05. The van der Waals surface area contributed by atoms with Crippen LogP contribution in [0.1, 0.15) is 20.8 Å². The van der Waals surface area contributed by atoms with Gasteiger partial charge in [0.05, 0.1) is 5.75 Å². The molecule has 1 amide bonds. The van der Waals surface area contributed by atoms with E-state index in [1.807, 2.05) is 6.92 Å². The maximum absolute atomic E-state index is 11.6. The van der Waals surface area contributed by atoms with E-state index in [1.165, 1.54) is 4.90 Å². The summed E-state index contributed by atoms with van der Waals surface area (Å²) < 4.78 is 23.2. The Balaban J connectivity index is 4.08. The Labute approximate surface area is 104 Å². The van der Waals surface area contributed by atoms with E-state index in [-0.39, 0.29) is 17.7 Å². The Morgan fingerprint density at radius 2 is 1.76 bits per heavy atom. The van der Waals surface area contributed by atoms with Crippen LogP contribution in [0.4, 0.5) is 0 Å². The van der Waals surface area contributed by atoms with Crippen molar-refractivity contribution in [2.24, 2.45) is 5.92 Å². The molecule has 0 saturated carbocycles. The highest BCUT2D eigenvalue weighted by molar-refractivity contribution is 7.92. The van der Waals surface area contributed by atoms with Gasteiger partial charge in [0, 0.05) is 26.7 Å². The number of carbonyl (C=O) groups excluding carboxylic acids is 1. The van der Waals surface area contributed by atoms with Gasteiger partial charge in [0.1, 0.15) is 5.75 Å². The Bertz CT molecular complexity index is 337. The fourth-order valence-corrected chi connectivity index (χ4v) is 2.27. The molecule has 1 atom stereocenters. The van der Waals surface area contributed by atoms with Crippen LogP contribution in [0.5, 0.6) is 0 Å². The summed E-state index contributed by atoms with van der Waals surface area (Å²) in [5.74, 6) is -0.315. The van der Waals surface area contributed by atoms with Crippen molar-refractivity contribution in [3.05, 3.63) is 0 Å². The van der Waals surface area contributed by atoms with Gasteiger partial charge in [-0.05, 0) is 12.8 Å². The zero-order valence-electron chi connectivity index (χ0n) is 11.4. The van der Waals surface area contributed by atoms with E-state index in [9.17, 15) is 13.2 Å². The monoisotopic (exact) mass is 264 g/mol. The molecule has 0 aliphatic rings. The van der Waals surface area contributed by atoms with E-state index >= 15 is 0 Å². The third-order valence-corrected chi connectivity index (χ3v) is 4.23. The molecule has 0 aromatic carbocycles. The zero-order valence-corrected chi connectivity index (χ0v) is 12.2. The summed E-state index contributed by atoms with van der Waals surface area (Å²) in [6.45, 7) is 6.55. The highest BCUT2D eigenvalue weighted by Crippen LogP contribution is 1.99. The minimum Gasteiger partial charge on any atom is -0.348 e. The minimum atomic E-state index is -3.30. The summed E-state index contributed by atoms with van der Waals surface area (Å²) in [7, 11) is -0.196. The van der Waals surface area contributed by atoms with Gasteiger partial charge in [-0.25, -0.2) is 8.42 Å². The maximum Gasteiger partial charge on any atom is 0.237 e. The van der Waals surface area contributed by atoms with Gasteiger partial charge in [0.2, 0.25) is 5.91 Å². The number of rotatable bonds is 7. The van der Waals surface area contributed by atoms with Crippen LogP contribution in [-0.4, -0.2) is 57.4 Å². The van der Waals surface area contributed by atoms with Crippen molar-refractivity contribution in [3.63, 3.8) is 0 Å². The molecule has 6 heteroatoms. The standard InChI is InChI=1S/C11H24N2O3S/c1-9(2)10(3)12-6-7-17(15,16)8-11(14)13(4)5/h9-10,12H,6-8H2,1-5H3. The second-order valence-electron chi connectivity index (χ2n) is 4.87. The van der Waals surface area contributed by atoms with Crippen molar-refractivity contribution < 1.29 is 13.2 Å². The summed E-state index contributed by atoms with van der Waals surface area (Å²) in [6, 6.07) is 0.273. The molecule has 0 aliphatic heterocycles. The normalized spacial score (nSPS) is 13.8. The molecule has 0 radical (unpaired) electrons. The average molecular weight is 264 g/mol. The molecular weight excluding hydrogens is 240 g/mol. The van der Waals surface area contributed by atoms with Crippen molar-refractivity contribution in [3.8, 4) is 0 Å². The van der Waals surface area contributed by atoms with Crippen LogP contribution >= 0.6 is 0 Å². The van der Waals surface area contributed by atoms with Crippen LogP contribution in [0, 0.1) is 5.92 Å². The van der Waals surface area contributed by atoms with Crippen LogP contribution in [-0.2, 0) is 14.6 Å². The van der Waals surface area contributed by atoms with Gasteiger partial charge in [0.15, 0.2) is 9.84 Å². The quantitative estimate of drug-likeness (QED) is 0.709. The number of amides is 1. The van der Waals surface area contributed by atoms with Crippen molar-refractivity contribution in [1.82, 2.24) is 10.2 Å². The van der Waals surface area contributed by atoms with Gasteiger partial charge >= 0.3 is 0 Å². The highest BCUT2D eigenvalue weighted by atomic mass is 32.2. The first-order valence-corrected chi connectivity index (χ1v) is 7.62. The summed E-state index contributed by atoms with van der Waals surface area (Å²) in [4.78, 5) is 12.6. The molecule has 0 heterocycles. The Kier molecular flexibility index (Phi) is 6.70. The van der Waals surface area contributed by atoms with Crippen molar-refractivity contribution in [2.75, 3.05) is 32.1 Å². The third kappa shape index (κ3) is 7.33. The molecule has 5 nitrogen and oxygen atoms in total. The van der Waals surface area contributed by atoms with E-state index in [2.05, 4.69) is 19.2 Å². The van der Waals surface area contributed by atoms with Crippen LogP contribution in [0.2, 0.25) is 0 Å². The van der Waals surface area contributed by atoms with Crippen LogP contribution in [0.3, 0.4) is 0 Å². The predicted octanol–water partition coefficient (Wildman–Crippen LogP) is 0.124.